The highest BCUT2D eigenvalue weighted by molar-refractivity contribution is 7.91. The molecule has 0 aliphatic heterocycles. The largest absolute Gasteiger partial charge is 0.464 e. The summed E-state index contributed by atoms with van der Waals surface area (Å²) < 4.78 is 30.9. The van der Waals surface area contributed by atoms with Gasteiger partial charge in [0.1, 0.15) is 0 Å². The highest BCUT2D eigenvalue weighted by atomic mass is 32.2. The molecule has 0 radical (unpaired) electrons. The zero-order valence-electron chi connectivity index (χ0n) is 12.1. The molecule has 0 spiro atoms. The molecule has 0 aromatic carbocycles. The van der Waals surface area contributed by atoms with Gasteiger partial charge >= 0.3 is 5.97 Å². The Morgan fingerprint density at radius 3 is 2.67 bits per heavy atom. The summed E-state index contributed by atoms with van der Waals surface area (Å²) in [5.74, 6) is -1.22. The molecular weight excluding hydrogens is 318 g/mol. The number of nitrogens with one attached hydrogen (secondary N) is 1. The van der Waals surface area contributed by atoms with Crippen molar-refractivity contribution >= 4 is 33.2 Å². The van der Waals surface area contributed by atoms with Crippen molar-refractivity contribution in [1.82, 2.24) is 14.6 Å². The Balaban J connectivity index is 3.00. The average molecular weight is 335 g/mol. The van der Waals surface area contributed by atoms with Gasteiger partial charge < -0.3 is 9.64 Å². The van der Waals surface area contributed by atoms with Gasteiger partial charge in [0, 0.05) is 13.6 Å². The van der Waals surface area contributed by atoms with E-state index in [0.29, 0.717) is 6.54 Å². The summed E-state index contributed by atoms with van der Waals surface area (Å²) >= 11 is 0.781. The molecule has 1 N–H and O–H groups in total. The van der Waals surface area contributed by atoms with Crippen LogP contribution < -0.4 is 4.72 Å². The van der Waals surface area contributed by atoms with Crippen molar-refractivity contribution in [2.75, 3.05) is 20.7 Å². The van der Waals surface area contributed by atoms with Gasteiger partial charge in [-0.25, -0.2) is 18.2 Å². The summed E-state index contributed by atoms with van der Waals surface area (Å²) in [6.07, 6.45) is 0. The van der Waals surface area contributed by atoms with Gasteiger partial charge in [-0.3, -0.25) is 4.79 Å². The molecule has 10 heteroatoms. The number of amides is 1. The minimum atomic E-state index is -4.03. The third-order valence-corrected chi connectivity index (χ3v) is 5.62. The summed E-state index contributed by atoms with van der Waals surface area (Å²) in [7, 11) is -1.33. The minimum Gasteiger partial charge on any atom is -0.464 e. The average Bonchev–Trinajstić information content (AvgIpc) is 2.94. The lowest BCUT2D eigenvalue weighted by atomic mass is 10.3. The number of methoxy groups -OCH3 is 1. The number of sulfonamides is 1. The van der Waals surface area contributed by atoms with Gasteiger partial charge in [-0.2, -0.15) is 4.72 Å². The van der Waals surface area contributed by atoms with Crippen LogP contribution >= 0.6 is 11.3 Å². The van der Waals surface area contributed by atoms with E-state index in [2.05, 4.69) is 14.4 Å². The normalized spacial score (nSPS) is 12.8. The van der Waals surface area contributed by atoms with Gasteiger partial charge in [0.05, 0.1) is 18.7 Å². The van der Waals surface area contributed by atoms with Crippen molar-refractivity contribution in [2.45, 2.75) is 24.1 Å². The number of hydrogen-bond donors (Lipinski definition) is 1. The number of rotatable bonds is 6. The van der Waals surface area contributed by atoms with Gasteiger partial charge in [-0.1, -0.05) is 0 Å². The summed E-state index contributed by atoms with van der Waals surface area (Å²) in [6.45, 7) is 3.67. The Hall–Kier alpha value is -1.52. The summed E-state index contributed by atoms with van der Waals surface area (Å²) in [6, 6.07) is -0.951. The molecule has 8 nitrogen and oxygen atoms in total. The quantitative estimate of drug-likeness (QED) is 0.738. The fourth-order valence-electron chi connectivity index (χ4n) is 1.48. The number of carbonyl (C=O) groups excluding carboxylic acids is 2. The zero-order chi connectivity index (χ0) is 16.2. The van der Waals surface area contributed by atoms with Crippen LogP contribution in [-0.4, -0.2) is 56.9 Å². The summed E-state index contributed by atoms with van der Waals surface area (Å²) in [5, 5.41) is 0. The minimum absolute atomic E-state index is 0.270. The van der Waals surface area contributed by atoms with E-state index < -0.39 is 22.0 Å². The maximum absolute atomic E-state index is 12.2. The van der Waals surface area contributed by atoms with Crippen LogP contribution in [0, 0.1) is 0 Å². The predicted octanol–water partition coefficient (Wildman–Crippen LogP) is 0.0748. The Bertz CT molecular complexity index is 626. The van der Waals surface area contributed by atoms with Crippen LogP contribution in [0.5, 0.6) is 0 Å². The van der Waals surface area contributed by atoms with E-state index in [1.807, 2.05) is 0 Å². The highest BCUT2D eigenvalue weighted by Crippen LogP contribution is 2.21. The van der Waals surface area contributed by atoms with Crippen molar-refractivity contribution < 1.29 is 22.7 Å². The van der Waals surface area contributed by atoms with Gasteiger partial charge in [0.2, 0.25) is 5.91 Å². The number of esters is 1. The lowest BCUT2D eigenvalue weighted by Crippen LogP contribution is -2.45. The Morgan fingerprint density at radius 2 is 2.14 bits per heavy atom. The van der Waals surface area contributed by atoms with Crippen LogP contribution in [-0.2, 0) is 19.6 Å². The van der Waals surface area contributed by atoms with Crippen LogP contribution in [0.1, 0.15) is 24.3 Å². The topological polar surface area (TPSA) is 106 Å². The van der Waals surface area contributed by atoms with E-state index in [1.54, 1.807) is 14.0 Å². The first-order chi connectivity index (χ1) is 9.74. The molecule has 0 fully saturated rings. The van der Waals surface area contributed by atoms with E-state index >= 15 is 0 Å². The van der Waals surface area contributed by atoms with Crippen LogP contribution in [0.2, 0.25) is 0 Å². The molecule has 0 saturated heterocycles. The first-order valence-corrected chi connectivity index (χ1v) is 8.40. The van der Waals surface area contributed by atoms with Crippen molar-refractivity contribution in [3.8, 4) is 0 Å². The smallest absolute Gasteiger partial charge is 0.358 e. The molecule has 21 heavy (non-hydrogen) atoms. The number of thiazole rings is 1. The maximum Gasteiger partial charge on any atom is 0.358 e. The number of nitrogens with zero attached hydrogens (tertiary/aromatic N) is 2. The molecule has 118 valence electrons. The SMILES string of the molecule is CCN(C)C(=O)C(C)NS(=O)(=O)c1scnc1C(=O)OC. The fraction of sp³-hybridized carbons (Fsp3) is 0.545. The molecule has 1 aromatic heterocycles. The van der Waals surface area contributed by atoms with Gasteiger partial charge in [-0.15, -0.1) is 11.3 Å². The molecule has 0 aliphatic rings. The standard InChI is InChI=1S/C11H17N3O5S2/c1-5-14(3)9(15)7(2)13-21(17,18)11-8(10(16)19-4)12-6-20-11/h6-7,13H,5H2,1-4H3. The molecular formula is C11H17N3O5S2. The zero-order valence-corrected chi connectivity index (χ0v) is 13.7. The van der Waals surface area contributed by atoms with E-state index in [4.69, 9.17) is 0 Å². The molecule has 1 aromatic rings. The first kappa shape index (κ1) is 17.5. The Morgan fingerprint density at radius 1 is 1.52 bits per heavy atom. The van der Waals surface area contributed by atoms with Crippen molar-refractivity contribution in [3.05, 3.63) is 11.2 Å². The van der Waals surface area contributed by atoms with Crippen LogP contribution in [0.3, 0.4) is 0 Å². The molecule has 0 aliphatic carbocycles. The summed E-state index contributed by atoms with van der Waals surface area (Å²) in [4.78, 5) is 28.4. The van der Waals surface area contributed by atoms with Crippen LogP contribution in [0.4, 0.5) is 0 Å². The Kier molecular flexibility index (Phi) is 5.81. The van der Waals surface area contributed by atoms with Crippen molar-refractivity contribution in [3.63, 3.8) is 0 Å². The van der Waals surface area contributed by atoms with Crippen LogP contribution in [0.25, 0.3) is 0 Å². The van der Waals surface area contributed by atoms with Gasteiger partial charge in [-0.05, 0) is 13.8 Å². The molecule has 0 saturated carbocycles. The predicted molar refractivity (Wildman–Crippen MR) is 76.5 cm³/mol. The van der Waals surface area contributed by atoms with Crippen molar-refractivity contribution in [2.24, 2.45) is 0 Å². The Labute approximate surface area is 127 Å². The number of ether oxygens (including phenoxy) is 1. The highest BCUT2D eigenvalue weighted by Gasteiger charge is 2.30. The first-order valence-electron chi connectivity index (χ1n) is 6.03. The van der Waals surface area contributed by atoms with Crippen molar-refractivity contribution in [1.29, 1.82) is 0 Å². The van der Waals surface area contributed by atoms with Gasteiger partial charge in [0.15, 0.2) is 9.90 Å². The molecule has 1 amide bonds. The second-order valence-corrected chi connectivity index (χ2v) is 6.94. The molecule has 1 heterocycles. The van der Waals surface area contributed by atoms with E-state index in [9.17, 15) is 18.0 Å². The number of aromatic nitrogens is 1. The van der Waals surface area contributed by atoms with E-state index in [-0.39, 0.29) is 15.8 Å². The number of likely N-dealkylation sites (N-methyl/N-ethyl adjacent to an activating group) is 1. The lowest BCUT2D eigenvalue weighted by Gasteiger charge is -2.20. The van der Waals surface area contributed by atoms with E-state index in [0.717, 1.165) is 18.4 Å². The monoisotopic (exact) mass is 335 g/mol. The number of carbonyl (C=O) groups is 2. The van der Waals surface area contributed by atoms with Gasteiger partial charge in [0.25, 0.3) is 10.0 Å². The third-order valence-electron chi connectivity index (χ3n) is 2.71. The molecule has 1 rings (SSSR count). The third kappa shape index (κ3) is 3.99. The van der Waals surface area contributed by atoms with Crippen LogP contribution in [0.15, 0.2) is 9.72 Å². The second kappa shape index (κ2) is 6.96. The summed E-state index contributed by atoms with van der Waals surface area (Å²) in [5.41, 5.74) is 0.935. The maximum atomic E-state index is 12.2. The fourth-order valence-corrected chi connectivity index (χ4v) is 3.83. The molecule has 1 unspecified atom stereocenters. The second-order valence-electron chi connectivity index (χ2n) is 4.18. The van der Waals surface area contributed by atoms with E-state index in [1.165, 1.54) is 17.3 Å². The molecule has 0 bridgehead atoms. The lowest BCUT2D eigenvalue weighted by molar-refractivity contribution is -0.131. The number of hydrogen-bond acceptors (Lipinski definition) is 7. The molecule has 1 atom stereocenters.